The quantitative estimate of drug-likeness (QED) is 0.632. The summed E-state index contributed by atoms with van der Waals surface area (Å²) in [5.74, 6) is -1.42. The summed E-state index contributed by atoms with van der Waals surface area (Å²) >= 11 is 0. The number of carbonyl (C=O) groups excluding carboxylic acids is 2. The molecule has 0 aliphatic carbocycles. The van der Waals surface area contributed by atoms with E-state index in [0.29, 0.717) is 5.52 Å². The lowest BCUT2D eigenvalue weighted by atomic mass is 10.2. The molecule has 3 rings (SSSR count). The molecule has 2 aromatic carbocycles. The number of hydrogen-bond donors (Lipinski definition) is 3. The van der Waals surface area contributed by atoms with Crippen LogP contribution in [0.3, 0.4) is 0 Å². The van der Waals surface area contributed by atoms with E-state index in [4.69, 9.17) is 10.8 Å². The van der Waals surface area contributed by atoms with Crippen LogP contribution in [0.1, 0.15) is 5.56 Å². The van der Waals surface area contributed by atoms with Gasteiger partial charge in [0.1, 0.15) is 5.82 Å². The number of halogens is 1. The van der Waals surface area contributed by atoms with Gasteiger partial charge in [0, 0.05) is 5.69 Å². The van der Waals surface area contributed by atoms with E-state index in [9.17, 15) is 14.0 Å². The monoisotopic (exact) mass is 372 g/mol. The van der Waals surface area contributed by atoms with E-state index < -0.39 is 30.5 Å². The molecule has 27 heavy (non-hydrogen) atoms. The lowest BCUT2D eigenvalue weighted by Crippen LogP contribution is -2.37. The maximum atomic E-state index is 14.4. The Morgan fingerprint density at radius 3 is 2.81 bits per heavy atom. The summed E-state index contributed by atoms with van der Waals surface area (Å²) in [5, 5.41) is 16.0. The molecule has 0 aliphatic rings. The van der Waals surface area contributed by atoms with Gasteiger partial charge in [-0.3, -0.25) is 4.79 Å². The number of nitrogens with two attached hydrogens (primary N) is 1. The number of carbonyl (C=O) groups is 2. The van der Waals surface area contributed by atoms with E-state index >= 15 is 0 Å². The molecule has 0 saturated carbocycles. The smallest absolute Gasteiger partial charge is 0.405 e. The fourth-order valence-corrected chi connectivity index (χ4v) is 2.66. The summed E-state index contributed by atoms with van der Waals surface area (Å²) in [6.07, 6.45) is -1.31. The molecule has 1 heterocycles. The SMILES string of the molecule is Cc1cccc(-n2ncc3c(F)cc(NC(=O)[C@H](CO)OC(N)=O)cc32)c1. The highest BCUT2D eigenvalue weighted by molar-refractivity contribution is 5.97. The molecule has 8 nitrogen and oxygen atoms in total. The molecule has 0 unspecified atom stereocenters. The predicted molar refractivity (Wildman–Crippen MR) is 95.9 cm³/mol. The van der Waals surface area contributed by atoms with Crippen LogP contribution in [0.2, 0.25) is 0 Å². The van der Waals surface area contributed by atoms with Crippen molar-refractivity contribution in [1.29, 1.82) is 0 Å². The number of ether oxygens (including phenoxy) is 1. The largest absolute Gasteiger partial charge is 0.434 e. The van der Waals surface area contributed by atoms with Gasteiger partial charge in [0.25, 0.3) is 5.91 Å². The summed E-state index contributed by atoms with van der Waals surface area (Å²) in [4.78, 5) is 22.9. The van der Waals surface area contributed by atoms with Crippen LogP contribution in [0.15, 0.2) is 42.6 Å². The first kappa shape index (κ1) is 18.3. The van der Waals surface area contributed by atoms with Crippen LogP contribution < -0.4 is 11.1 Å². The van der Waals surface area contributed by atoms with Crippen LogP contribution in [0.4, 0.5) is 14.9 Å². The second-order valence-electron chi connectivity index (χ2n) is 5.88. The Morgan fingerprint density at radius 1 is 1.37 bits per heavy atom. The van der Waals surface area contributed by atoms with Crippen LogP contribution in [0, 0.1) is 12.7 Å². The Morgan fingerprint density at radius 2 is 2.15 bits per heavy atom. The molecule has 0 radical (unpaired) electrons. The Kier molecular flexibility index (Phi) is 5.04. The van der Waals surface area contributed by atoms with E-state index in [-0.39, 0.29) is 11.1 Å². The molecule has 0 saturated heterocycles. The lowest BCUT2D eigenvalue weighted by Gasteiger charge is -2.14. The zero-order valence-electron chi connectivity index (χ0n) is 14.3. The van der Waals surface area contributed by atoms with Gasteiger partial charge in [-0.2, -0.15) is 5.10 Å². The number of fused-ring (bicyclic) bond motifs is 1. The van der Waals surface area contributed by atoms with E-state index in [2.05, 4.69) is 15.2 Å². The third kappa shape index (κ3) is 3.87. The number of benzene rings is 2. The minimum Gasteiger partial charge on any atom is -0.434 e. The van der Waals surface area contributed by atoms with Crippen LogP contribution in [-0.4, -0.2) is 39.6 Å². The number of rotatable bonds is 5. The average molecular weight is 372 g/mol. The van der Waals surface area contributed by atoms with Crippen molar-refractivity contribution >= 4 is 28.6 Å². The highest BCUT2D eigenvalue weighted by Crippen LogP contribution is 2.25. The maximum absolute atomic E-state index is 14.4. The van der Waals surface area contributed by atoms with Crippen molar-refractivity contribution in [2.75, 3.05) is 11.9 Å². The van der Waals surface area contributed by atoms with Crippen LogP contribution >= 0.6 is 0 Å². The van der Waals surface area contributed by atoms with Gasteiger partial charge in [-0.25, -0.2) is 13.9 Å². The first-order valence-electron chi connectivity index (χ1n) is 8.01. The van der Waals surface area contributed by atoms with E-state index in [0.717, 1.165) is 17.3 Å². The Balaban J connectivity index is 1.97. The third-order valence-electron chi connectivity index (χ3n) is 3.87. The standard InChI is InChI=1S/C18H17FN4O4/c1-10-3-2-4-12(5-10)23-15-7-11(6-14(19)13(15)8-21-23)22-17(25)16(9-24)27-18(20)26/h2-8,16,24H,9H2,1H3,(H2,20,26)(H,22,25)/t16-/m0/s1. The van der Waals surface area contributed by atoms with Gasteiger partial charge in [-0.05, 0) is 36.8 Å². The number of hydrogen-bond acceptors (Lipinski definition) is 5. The summed E-state index contributed by atoms with van der Waals surface area (Å²) in [6, 6.07) is 10.1. The maximum Gasteiger partial charge on any atom is 0.405 e. The van der Waals surface area contributed by atoms with Crippen molar-refractivity contribution in [3.05, 3.63) is 54.0 Å². The first-order valence-corrected chi connectivity index (χ1v) is 8.01. The Labute approximate surface area is 153 Å². The van der Waals surface area contributed by atoms with Gasteiger partial charge in [0.2, 0.25) is 6.10 Å². The van der Waals surface area contributed by atoms with Crippen molar-refractivity contribution < 1.29 is 23.8 Å². The number of anilines is 1. The van der Waals surface area contributed by atoms with Gasteiger partial charge < -0.3 is 20.9 Å². The van der Waals surface area contributed by atoms with Gasteiger partial charge in [-0.1, -0.05) is 12.1 Å². The molecule has 0 fully saturated rings. The number of aromatic nitrogens is 2. The number of aliphatic hydroxyl groups excluding tert-OH is 1. The molecule has 9 heteroatoms. The van der Waals surface area contributed by atoms with Crippen LogP contribution in [-0.2, 0) is 9.53 Å². The number of aryl methyl sites for hydroxylation is 1. The van der Waals surface area contributed by atoms with Gasteiger partial charge in [0.05, 0.1) is 29.4 Å². The zero-order valence-corrected chi connectivity index (χ0v) is 14.3. The van der Waals surface area contributed by atoms with Crippen molar-refractivity contribution in [1.82, 2.24) is 9.78 Å². The predicted octanol–water partition coefficient (Wildman–Crippen LogP) is 1.87. The highest BCUT2D eigenvalue weighted by Gasteiger charge is 2.22. The van der Waals surface area contributed by atoms with Crippen LogP contribution in [0.25, 0.3) is 16.6 Å². The normalized spacial score (nSPS) is 12.0. The molecule has 1 atom stereocenters. The summed E-state index contributed by atoms with van der Waals surface area (Å²) in [5.41, 5.74) is 7.16. The van der Waals surface area contributed by atoms with Crippen molar-refractivity contribution in [3.63, 3.8) is 0 Å². The van der Waals surface area contributed by atoms with Crippen molar-refractivity contribution in [2.45, 2.75) is 13.0 Å². The summed E-state index contributed by atoms with van der Waals surface area (Å²) in [7, 11) is 0. The van der Waals surface area contributed by atoms with Crippen molar-refractivity contribution in [2.24, 2.45) is 5.73 Å². The fourth-order valence-electron chi connectivity index (χ4n) is 2.66. The molecule has 140 valence electrons. The van der Waals surface area contributed by atoms with Crippen molar-refractivity contribution in [3.8, 4) is 5.69 Å². The fraction of sp³-hybridized carbons (Fsp3) is 0.167. The number of amides is 2. The minimum atomic E-state index is -1.50. The molecule has 1 aromatic heterocycles. The van der Waals surface area contributed by atoms with E-state index in [1.54, 1.807) is 4.68 Å². The topological polar surface area (TPSA) is 119 Å². The van der Waals surface area contributed by atoms with E-state index in [1.165, 1.54) is 12.3 Å². The molecule has 2 amide bonds. The minimum absolute atomic E-state index is 0.117. The zero-order chi connectivity index (χ0) is 19.6. The molecular weight excluding hydrogens is 355 g/mol. The Hall–Kier alpha value is -3.46. The number of nitrogens with zero attached hydrogens (tertiary/aromatic N) is 2. The van der Waals surface area contributed by atoms with Gasteiger partial charge >= 0.3 is 6.09 Å². The molecule has 4 N–H and O–H groups in total. The van der Waals surface area contributed by atoms with Gasteiger partial charge in [-0.15, -0.1) is 0 Å². The summed E-state index contributed by atoms with van der Waals surface area (Å²) in [6.45, 7) is 1.16. The van der Waals surface area contributed by atoms with E-state index in [1.807, 2.05) is 31.2 Å². The first-order chi connectivity index (χ1) is 12.9. The third-order valence-corrected chi connectivity index (χ3v) is 3.87. The molecule has 0 spiro atoms. The number of nitrogens with one attached hydrogen (secondary N) is 1. The lowest BCUT2D eigenvalue weighted by molar-refractivity contribution is -0.125. The Bertz CT molecular complexity index is 1020. The molecule has 3 aromatic rings. The second-order valence-corrected chi connectivity index (χ2v) is 5.88. The highest BCUT2D eigenvalue weighted by atomic mass is 19.1. The summed E-state index contributed by atoms with van der Waals surface area (Å²) < 4.78 is 20.5. The second kappa shape index (κ2) is 7.42. The number of aliphatic hydroxyl groups is 1. The molecular formula is C18H17FN4O4. The molecule has 0 aliphatic heterocycles. The molecule has 0 bridgehead atoms. The number of primary amides is 1. The average Bonchev–Trinajstić information content (AvgIpc) is 3.04. The van der Waals surface area contributed by atoms with Crippen LogP contribution in [0.5, 0.6) is 0 Å². The van der Waals surface area contributed by atoms with Gasteiger partial charge in [0.15, 0.2) is 0 Å².